The van der Waals surface area contributed by atoms with Crippen LogP contribution in [0.3, 0.4) is 0 Å². The van der Waals surface area contributed by atoms with Crippen LogP contribution in [-0.4, -0.2) is 19.0 Å². The Balaban J connectivity index is 2.05. The number of rotatable bonds is 4. The topological polar surface area (TPSA) is 55.4 Å². The summed E-state index contributed by atoms with van der Waals surface area (Å²) in [5, 5.41) is 3.60. The normalized spacial score (nSPS) is 10.6. The van der Waals surface area contributed by atoms with Gasteiger partial charge < -0.3 is 10.1 Å². The average molecular weight is 350 g/mol. The molecular formula is C17H13Cl2NO3. The number of halogens is 2. The molecule has 0 aliphatic heterocycles. The molecule has 118 valence electrons. The molecule has 0 aliphatic rings. The summed E-state index contributed by atoms with van der Waals surface area (Å²) in [5.74, 6) is -0.775. The van der Waals surface area contributed by atoms with Crippen molar-refractivity contribution in [2.75, 3.05) is 12.4 Å². The van der Waals surface area contributed by atoms with Crippen molar-refractivity contribution in [2.24, 2.45) is 0 Å². The molecule has 0 heterocycles. The van der Waals surface area contributed by atoms with Gasteiger partial charge >= 0.3 is 5.97 Å². The molecule has 0 aliphatic carbocycles. The smallest absolute Gasteiger partial charge is 0.337 e. The Labute approximate surface area is 143 Å². The largest absolute Gasteiger partial charge is 0.465 e. The van der Waals surface area contributed by atoms with Gasteiger partial charge in [-0.2, -0.15) is 0 Å². The fourth-order valence-electron chi connectivity index (χ4n) is 1.82. The maximum absolute atomic E-state index is 11.9. The summed E-state index contributed by atoms with van der Waals surface area (Å²) in [5.41, 5.74) is 1.54. The summed E-state index contributed by atoms with van der Waals surface area (Å²) in [6, 6.07) is 11.5. The van der Waals surface area contributed by atoms with Crippen LogP contribution < -0.4 is 5.32 Å². The van der Waals surface area contributed by atoms with Crippen LogP contribution in [0.4, 0.5) is 5.69 Å². The van der Waals surface area contributed by atoms with Crippen LogP contribution in [0.15, 0.2) is 48.5 Å². The van der Waals surface area contributed by atoms with E-state index in [1.54, 1.807) is 48.5 Å². The predicted octanol–water partition coefficient (Wildman–Crippen LogP) is 4.43. The minimum atomic E-state index is -0.434. The summed E-state index contributed by atoms with van der Waals surface area (Å²) in [6.45, 7) is 0. The van der Waals surface area contributed by atoms with Gasteiger partial charge in [-0.05, 0) is 42.5 Å². The van der Waals surface area contributed by atoms with E-state index in [1.807, 2.05) is 0 Å². The zero-order valence-electron chi connectivity index (χ0n) is 12.2. The number of carbonyl (C=O) groups is 2. The molecule has 2 aromatic carbocycles. The lowest BCUT2D eigenvalue weighted by atomic mass is 10.2. The van der Waals surface area contributed by atoms with Crippen LogP contribution >= 0.6 is 23.2 Å². The van der Waals surface area contributed by atoms with Crippen molar-refractivity contribution in [1.82, 2.24) is 0 Å². The number of amides is 1. The van der Waals surface area contributed by atoms with E-state index in [1.165, 1.54) is 13.2 Å². The van der Waals surface area contributed by atoms with Crippen molar-refractivity contribution in [3.63, 3.8) is 0 Å². The summed E-state index contributed by atoms with van der Waals surface area (Å²) >= 11 is 12.0. The minimum absolute atomic E-state index is 0.341. The second kappa shape index (κ2) is 7.81. The molecule has 0 aromatic heterocycles. The first-order chi connectivity index (χ1) is 11.0. The molecule has 2 rings (SSSR count). The van der Waals surface area contributed by atoms with Gasteiger partial charge in [-0.15, -0.1) is 0 Å². The third-order valence-corrected chi connectivity index (χ3v) is 3.63. The first kappa shape index (κ1) is 17.1. The molecule has 0 fully saturated rings. The Bertz CT molecular complexity index is 735. The number of anilines is 1. The first-order valence-corrected chi connectivity index (χ1v) is 7.38. The fraction of sp³-hybridized carbons (Fsp3) is 0.0588. The minimum Gasteiger partial charge on any atom is -0.465 e. The van der Waals surface area contributed by atoms with E-state index >= 15 is 0 Å². The van der Waals surface area contributed by atoms with E-state index in [0.29, 0.717) is 26.9 Å². The molecule has 0 unspecified atom stereocenters. The lowest BCUT2D eigenvalue weighted by Crippen LogP contribution is -2.08. The van der Waals surface area contributed by atoms with Gasteiger partial charge in [0.15, 0.2) is 0 Å². The summed E-state index contributed by atoms with van der Waals surface area (Å²) in [7, 11) is 1.31. The maximum Gasteiger partial charge on any atom is 0.337 e. The quantitative estimate of drug-likeness (QED) is 0.656. The number of benzene rings is 2. The summed E-state index contributed by atoms with van der Waals surface area (Å²) in [4.78, 5) is 23.2. The summed E-state index contributed by atoms with van der Waals surface area (Å²) in [6.07, 6.45) is 2.88. The Morgan fingerprint density at radius 3 is 2.22 bits per heavy atom. The zero-order valence-corrected chi connectivity index (χ0v) is 13.7. The number of hydrogen-bond acceptors (Lipinski definition) is 3. The molecule has 0 saturated heterocycles. The van der Waals surface area contributed by atoms with Crippen LogP contribution in [0.5, 0.6) is 0 Å². The number of hydrogen-bond donors (Lipinski definition) is 1. The van der Waals surface area contributed by atoms with Crippen molar-refractivity contribution in [3.8, 4) is 0 Å². The Kier molecular flexibility index (Phi) is 5.79. The maximum atomic E-state index is 11.9. The Morgan fingerprint density at radius 2 is 1.65 bits per heavy atom. The number of nitrogens with one attached hydrogen (secondary N) is 1. The monoisotopic (exact) mass is 349 g/mol. The van der Waals surface area contributed by atoms with Crippen LogP contribution in [-0.2, 0) is 9.53 Å². The third-order valence-electron chi connectivity index (χ3n) is 2.97. The second-order valence-electron chi connectivity index (χ2n) is 4.53. The SMILES string of the molecule is COC(=O)c1ccc(NC(=O)C=Cc2c(Cl)cccc2Cl)cc1. The van der Waals surface area contributed by atoms with Gasteiger partial charge in [-0.3, -0.25) is 4.79 Å². The highest BCUT2D eigenvalue weighted by Gasteiger charge is 2.06. The molecule has 0 saturated carbocycles. The standard InChI is InChI=1S/C17H13Cl2NO3/c1-23-17(22)11-5-7-12(8-6-11)20-16(21)10-9-13-14(18)3-2-4-15(13)19/h2-10H,1H3,(H,20,21). The van der Waals surface area contributed by atoms with Crippen molar-refractivity contribution in [3.05, 3.63) is 69.7 Å². The highest BCUT2D eigenvalue weighted by Crippen LogP contribution is 2.25. The molecule has 1 N–H and O–H groups in total. The van der Waals surface area contributed by atoms with Crippen molar-refractivity contribution in [1.29, 1.82) is 0 Å². The predicted molar refractivity (Wildman–Crippen MR) is 91.9 cm³/mol. The first-order valence-electron chi connectivity index (χ1n) is 6.62. The molecule has 4 nitrogen and oxygen atoms in total. The highest BCUT2D eigenvalue weighted by atomic mass is 35.5. The van der Waals surface area contributed by atoms with Gasteiger partial charge in [0.25, 0.3) is 0 Å². The van der Waals surface area contributed by atoms with Gasteiger partial charge in [-0.25, -0.2) is 4.79 Å². The van der Waals surface area contributed by atoms with Gasteiger partial charge in [0.1, 0.15) is 0 Å². The Morgan fingerprint density at radius 1 is 1.04 bits per heavy atom. The lowest BCUT2D eigenvalue weighted by Gasteiger charge is -2.04. The molecule has 0 atom stereocenters. The van der Waals surface area contributed by atoms with E-state index in [4.69, 9.17) is 23.2 Å². The highest BCUT2D eigenvalue weighted by molar-refractivity contribution is 6.37. The third kappa shape index (κ3) is 4.58. The van der Waals surface area contributed by atoms with Gasteiger partial charge in [0.2, 0.25) is 5.91 Å². The Hall–Kier alpha value is -2.30. The molecule has 0 radical (unpaired) electrons. The number of esters is 1. The molecule has 23 heavy (non-hydrogen) atoms. The van der Waals surface area contributed by atoms with Gasteiger partial charge in [0, 0.05) is 27.4 Å². The molecule has 2 aromatic rings. The van der Waals surface area contributed by atoms with Gasteiger partial charge in [0.05, 0.1) is 12.7 Å². The number of methoxy groups -OCH3 is 1. The number of ether oxygens (including phenoxy) is 1. The van der Waals surface area contributed by atoms with Crippen molar-refractivity contribution < 1.29 is 14.3 Å². The molecular weight excluding hydrogens is 337 g/mol. The van der Waals surface area contributed by atoms with E-state index in [9.17, 15) is 9.59 Å². The van der Waals surface area contributed by atoms with E-state index in [0.717, 1.165) is 0 Å². The molecule has 1 amide bonds. The fourth-order valence-corrected chi connectivity index (χ4v) is 2.34. The van der Waals surface area contributed by atoms with Crippen LogP contribution in [0.2, 0.25) is 10.0 Å². The van der Waals surface area contributed by atoms with E-state index in [2.05, 4.69) is 10.1 Å². The number of carbonyl (C=O) groups excluding carboxylic acids is 2. The lowest BCUT2D eigenvalue weighted by molar-refractivity contribution is -0.111. The molecule has 6 heteroatoms. The van der Waals surface area contributed by atoms with Crippen molar-refractivity contribution >= 4 is 46.8 Å². The molecule has 0 bridgehead atoms. The van der Waals surface area contributed by atoms with Crippen LogP contribution in [0.25, 0.3) is 6.08 Å². The van der Waals surface area contributed by atoms with Crippen LogP contribution in [0.1, 0.15) is 15.9 Å². The summed E-state index contributed by atoms with van der Waals surface area (Å²) < 4.78 is 4.60. The average Bonchev–Trinajstić information content (AvgIpc) is 2.54. The molecule has 0 spiro atoms. The second-order valence-corrected chi connectivity index (χ2v) is 5.34. The van der Waals surface area contributed by atoms with Gasteiger partial charge in [-0.1, -0.05) is 29.3 Å². The van der Waals surface area contributed by atoms with E-state index < -0.39 is 5.97 Å². The van der Waals surface area contributed by atoms with Crippen molar-refractivity contribution in [2.45, 2.75) is 0 Å². The van der Waals surface area contributed by atoms with E-state index in [-0.39, 0.29) is 5.91 Å². The van der Waals surface area contributed by atoms with Crippen LogP contribution in [0, 0.1) is 0 Å². The zero-order chi connectivity index (χ0) is 16.8.